The van der Waals surface area contributed by atoms with Crippen LogP contribution in [0.25, 0.3) is 16.6 Å². The minimum absolute atomic E-state index is 0.133. The Morgan fingerprint density at radius 2 is 1.69 bits per heavy atom. The summed E-state index contributed by atoms with van der Waals surface area (Å²) in [4.78, 5) is 18.3. The molecule has 0 unspecified atom stereocenters. The summed E-state index contributed by atoms with van der Waals surface area (Å²) in [5, 5.41) is 1.11. The second kappa shape index (κ2) is 8.90. The van der Waals surface area contributed by atoms with Crippen molar-refractivity contribution >= 4 is 32.7 Å². The van der Waals surface area contributed by atoms with Crippen LogP contribution in [0.15, 0.2) is 87.6 Å². The van der Waals surface area contributed by atoms with Crippen LogP contribution in [0, 0.1) is 6.92 Å². The van der Waals surface area contributed by atoms with E-state index in [0.29, 0.717) is 21.8 Å². The fourth-order valence-corrected chi connectivity index (χ4v) is 5.21. The predicted octanol–water partition coefficient (Wildman–Crippen LogP) is 4.24. The number of rotatable bonds is 6. The van der Waals surface area contributed by atoms with Crippen LogP contribution in [0.4, 0.5) is 0 Å². The summed E-state index contributed by atoms with van der Waals surface area (Å²) < 4.78 is 27.8. The van der Waals surface area contributed by atoms with Gasteiger partial charge in [-0.25, -0.2) is 17.7 Å². The molecule has 4 aromatic rings. The van der Waals surface area contributed by atoms with E-state index < -0.39 is 10.0 Å². The largest absolute Gasteiger partial charge is 0.268 e. The van der Waals surface area contributed by atoms with E-state index in [4.69, 9.17) is 4.98 Å². The van der Waals surface area contributed by atoms with Crippen LogP contribution in [0.2, 0.25) is 0 Å². The number of thioether (sulfide) groups is 1. The summed E-state index contributed by atoms with van der Waals surface area (Å²) in [5.41, 5.74) is 3.17. The number of benzene rings is 3. The molecule has 164 valence electrons. The highest BCUT2D eigenvalue weighted by Crippen LogP contribution is 2.26. The lowest BCUT2D eigenvalue weighted by Crippen LogP contribution is -2.22. The van der Waals surface area contributed by atoms with Crippen molar-refractivity contribution < 1.29 is 8.42 Å². The molecule has 0 amide bonds. The van der Waals surface area contributed by atoms with E-state index in [-0.39, 0.29) is 10.5 Å². The van der Waals surface area contributed by atoms with E-state index in [1.165, 1.54) is 30.2 Å². The Balaban J connectivity index is 1.76. The van der Waals surface area contributed by atoms with Crippen LogP contribution >= 0.6 is 11.8 Å². The smallest absolute Gasteiger partial charge is 0.266 e. The summed E-state index contributed by atoms with van der Waals surface area (Å²) >= 11 is 1.40. The molecule has 3 aromatic carbocycles. The second-order valence-electron chi connectivity index (χ2n) is 7.61. The molecule has 1 aromatic heterocycles. The van der Waals surface area contributed by atoms with Gasteiger partial charge in [0.2, 0.25) is 10.0 Å². The summed E-state index contributed by atoms with van der Waals surface area (Å²) in [6, 6.07) is 21.9. The number of hydrogen-bond donors (Lipinski definition) is 0. The summed E-state index contributed by atoms with van der Waals surface area (Å²) in [7, 11) is -0.500. The molecule has 32 heavy (non-hydrogen) atoms. The van der Waals surface area contributed by atoms with Crippen LogP contribution in [-0.2, 0) is 15.8 Å². The van der Waals surface area contributed by atoms with Gasteiger partial charge in [-0.15, -0.1) is 0 Å². The third kappa shape index (κ3) is 4.34. The topological polar surface area (TPSA) is 72.3 Å². The van der Waals surface area contributed by atoms with E-state index in [9.17, 15) is 13.2 Å². The molecule has 0 aliphatic carbocycles. The first-order chi connectivity index (χ1) is 15.3. The van der Waals surface area contributed by atoms with Gasteiger partial charge in [0.25, 0.3) is 5.56 Å². The third-order valence-electron chi connectivity index (χ3n) is 5.08. The molecule has 0 N–H and O–H groups in total. The van der Waals surface area contributed by atoms with Crippen molar-refractivity contribution in [1.29, 1.82) is 0 Å². The van der Waals surface area contributed by atoms with Gasteiger partial charge in [-0.3, -0.25) is 9.36 Å². The average Bonchev–Trinajstić information content (AvgIpc) is 2.79. The fraction of sp³-hybridized carbons (Fsp3) is 0.167. The number of fused-ring (bicyclic) bond motifs is 1. The minimum Gasteiger partial charge on any atom is -0.268 e. The summed E-state index contributed by atoms with van der Waals surface area (Å²) in [6.07, 6.45) is 0. The number of hydrogen-bond acceptors (Lipinski definition) is 5. The minimum atomic E-state index is -3.52. The molecule has 0 fully saturated rings. The second-order valence-corrected chi connectivity index (χ2v) is 10.7. The van der Waals surface area contributed by atoms with Crippen molar-refractivity contribution in [3.05, 3.63) is 94.3 Å². The summed E-state index contributed by atoms with van der Waals surface area (Å²) in [5.74, 6) is 0.466. The Bertz CT molecular complexity index is 1440. The van der Waals surface area contributed by atoms with Gasteiger partial charge in [0, 0.05) is 19.8 Å². The Morgan fingerprint density at radius 3 is 2.41 bits per heavy atom. The maximum absolute atomic E-state index is 13.3. The first kappa shape index (κ1) is 22.3. The van der Waals surface area contributed by atoms with Gasteiger partial charge in [-0.05, 0) is 48.9 Å². The third-order valence-corrected chi connectivity index (χ3v) is 7.90. The molecule has 0 radical (unpaired) electrons. The molecule has 0 saturated heterocycles. The standard InChI is InChI=1S/C24H23N3O3S2/c1-17-11-13-19(14-12-17)27-23(28)21-9-4-5-10-22(21)25-24(27)31-16-18-7-6-8-20(15-18)32(29,30)26(2)3/h4-15H,16H2,1-3H3. The lowest BCUT2D eigenvalue weighted by Gasteiger charge is -2.14. The Morgan fingerprint density at radius 1 is 0.969 bits per heavy atom. The SMILES string of the molecule is Cc1ccc(-n2c(SCc3cccc(S(=O)(=O)N(C)C)c3)nc3ccccc3c2=O)cc1. The van der Waals surface area contributed by atoms with E-state index in [2.05, 4.69) is 0 Å². The van der Waals surface area contributed by atoms with Crippen LogP contribution < -0.4 is 5.56 Å². The van der Waals surface area contributed by atoms with Crippen LogP contribution in [0.3, 0.4) is 0 Å². The van der Waals surface area contributed by atoms with E-state index in [0.717, 1.165) is 16.8 Å². The molecule has 0 atom stereocenters. The number of sulfonamides is 1. The van der Waals surface area contributed by atoms with E-state index in [1.54, 1.807) is 28.8 Å². The highest BCUT2D eigenvalue weighted by Gasteiger charge is 2.18. The van der Waals surface area contributed by atoms with Crippen molar-refractivity contribution in [2.24, 2.45) is 0 Å². The molecule has 0 aliphatic rings. The molecule has 8 heteroatoms. The molecular formula is C24H23N3O3S2. The first-order valence-corrected chi connectivity index (χ1v) is 12.4. The number of aryl methyl sites for hydroxylation is 1. The quantitative estimate of drug-likeness (QED) is 0.315. The maximum Gasteiger partial charge on any atom is 0.266 e. The number of para-hydroxylation sites is 1. The van der Waals surface area contributed by atoms with Crippen molar-refractivity contribution in [2.75, 3.05) is 14.1 Å². The van der Waals surface area contributed by atoms with Gasteiger partial charge in [-0.2, -0.15) is 0 Å². The van der Waals surface area contributed by atoms with Crippen molar-refractivity contribution in [1.82, 2.24) is 13.9 Å². The molecule has 0 saturated carbocycles. The van der Waals surface area contributed by atoms with E-state index in [1.807, 2.05) is 55.5 Å². The van der Waals surface area contributed by atoms with Crippen molar-refractivity contribution in [3.8, 4) is 5.69 Å². The van der Waals surface area contributed by atoms with Crippen molar-refractivity contribution in [3.63, 3.8) is 0 Å². The molecule has 6 nitrogen and oxygen atoms in total. The average molecular weight is 466 g/mol. The Hall–Kier alpha value is -2.94. The zero-order chi connectivity index (χ0) is 22.9. The zero-order valence-corrected chi connectivity index (χ0v) is 19.7. The van der Waals surface area contributed by atoms with Crippen LogP contribution in [-0.4, -0.2) is 36.4 Å². The molecule has 0 spiro atoms. The molecular weight excluding hydrogens is 442 g/mol. The fourth-order valence-electron chi connectivity index (χ4n) is 3.29. The van der Waals surface area contributed by atoms with Crippen LogP contribution in [0.1, 0.15) is 11.1 Å². The van der Waals surface area contributed by atoms with Gasteiger partial charge in [0.05, 0.1) is 21.5 Å². The maximum atomic E-state index is 13.3. The van der Waals surface area contributed by atoms with Crippen LogP contribution in [0.5, 0.6) is 0 Å². The highest BCUT2D eigenvalue weighted by molar-refractivity contribution is 7.98. The highest BCUT2D eigenvalue weighted by atomic mass is 32.2. The van der Waals surface area contributed by atoms with E-state index >= 15 is 0 Å². The van der Waals surface area contributed by atoms with Gasteiger partial charge in [0.15, 0.2) is 5.16 Å². The first-order valence-electron chi connectivity index (χ1n) is 10.0. The lowest BCUT2D eigenvalue weighted by molar-refractivity contribution is 0.520. The molecule has 0 bridgehead atoms. The monoisotopic (exact) mass is 465 g/mol. The van der Waals surface area contributed by atoms with Crippen molar-refractivity contribution in [2.45, 2.75) is 22.7 Å². The van der Waals surface area contributed by atoms with Gasteiger partial charge in [0.1, 0.15) is 0 Å². The van der Waals surface area contributed by atoms with Gasteiger partial charge >= 0.3 is 0 Å². The Kier molecular flexibility index (Phi) is 6.19. The lowest BCUT2D eigenvalue weighted by atomic mass is 10.2. The van der Waals surface area contributed by atoms with Gasteiger partial charge < -0.3 is 0 Å². The Labute approximate surface area is 191 Å². The van der Waals surface area contributed by atoms with Gasteiger partial charge in [-0.1, -0.05) is 53.7 Å². The molecule has 0 aliphatic heterocycles. The number of aromatic nitrogens is 2. The number of nitrogens with zero attached hydrogens (tertiary/aromatic N) is 3. The normalized spacial score (nSPS) is 11.9. The molecule has 1 heterocycles. The predicted molar refractivity (Wildman–Crippen MR) is 129 cm³/mol. The molecule has 4 rings (SSSR count). The zero-order valence-electron chi connectivity index (χ0n) is 18.0. The summed E-state index contributed by atoms with van der Waals surface area (Å²) in [6.45, 7) is 2.00.